The van der Waals surface area contributed by atoms with Crippen LogP contribution in [0.3, 0.4) is 0 Å². The first-order chi connectivity index (χ1) is 10.1. The van der Waals surface area contributed by atoms with Crippen LogP contribution in [0, 0.1) is 0 Å². The second-order valence-corrected chi connectivity index (χ2v) is 6.13. The lowest BCUT2D eigenvalue weighted by atomic mass is 9.89. The molecule has 2 aromatic carbocycles. The van der Waals surface area contributed by atoms with Crippen LogP contribution in [-0.2, 0) is 0 Å². The molecule has 0 atom stereocenters. The van der Waals surface area contributed by atoms with E-state index in [0.717, 1.165) is 42.3 Å². The molecule has 1 N–H and O–H groups in total. The maximum absolute atomic E-state index is 12.8. The Morgan fingerprint density at radius 1 is 1.10 bits per heavy atom. The molecule has 0 saturated carbocycles. The summed E-state index contributed by atoms with van der Waals surface area (Å²) in [5.41, 5.74) is 0.983. The van der Waals surface area contributed by atoms with E-state index >= 15 is 0 Å². The lowest BCUT2D eigenvalue weighted by molar-refractivity contribution is 0.0664. The largest absolute Gasteiger partial charge is 0.338 e. The Labute approximate surface area is 125 Å². The van der Waals surface area contributed by atoms with Crippen LogP contribution in [0.25, 0.3) is 10.8 Å². The zero-order chi connectivity index (χ0) is 14.9. The molecule has 0 radical (unpaired) electrons. The molecule has 1 heterocycles. The fraction of sp³-hybridized carbons (Fsp3) is 0.389. The van der Waals surface area contributed by atoms with Crippen molar-refractivity contribution in [1.82, 2.24) is 10.2 Å². The molecule has 0 spiro atoms. The van der Waals surface area contributed by atoms with Crippen molar-refractivity contribution < 1.29 is 4.79 Å². The van der Waals surface area contributed by atoms with E-state index in [9.17, 15) is 4.79 Å². The number of carbonyl (C=O) groups is 1. The van der Waals surface area contributed by atoms with Gasteiger partial charge in [-0.25, -0.2) is 0 Å². The van der Waals surface area contributed by atoms with Crippen LogP contribution in [0.1, 0.15) is 30.1 Å². The summed E-state index contributed by atoms with van der Waals surface area (Å²) in [6.07, 6.45) is 2.00. The van der Waals surface area contributed by atoms with Crippen molar-refractivity contribution in [3.63, 3.8) is 0 Å². The first-order valence-electron chi connectivity index (χ1n) is 7.59. The Bertz CT molecular complexity index is 652. The van der Waals surface area contributed by atoms with Gasteiger partial charge in [-0.1, -0.05) is 36.4 Å². The van der Waals surface area contributed by atoms with Gasteiger partial charge >= 0.3 is 0 Å². The third-order valence-corrected chi connectivity index (χ3v) is 4.78. The first-order valence-corrected chi connectivity index (χ1v) is 7.59. The van der Waals surface area contributed by atoms with Gasteiger partial charge in [-0.15, -0.1) is 0 Å². The van der Waals surface area contributed by atoms with E-state index in [4.69, 9.17) is 0 Å². The molecule has 3 nitrogen and oxygen atoms in total. The van der Waals surface area contributed by atoms with Crippen molar-refractivity contribution in [2.45, 2.75) is 25.3 Å². The standard InChI is InChI=1S/C18H22N2O/c1-18(19-2)10-12-20(13-11-18)17(21)16-9-5-7-14-6-3-4-8-15(14)16/h3-9,19H,10-13H2,1-2H3. The maximum atomic E-state index is 12.8. The Morgan fingerprint density at radius 2 is 1.76 bits per heavy atom. The molecule has 0 unspecified atom stereocenters. The highest BCUT2D eigenvalue weighted by Gasteiger charge is 2.30. The average molecular weight is 282 g/mol. The molecule has 1 amide bonds. The summed E-state index contributed by atoms with van der Waals surface area (Å²) >= 11 is 0. The highest BCUT2D eigenvalue weighted by atomic mass is 16.2. The second-order valence-electron chi connectivity index (χ2n) is 6.13. The number of carbonyl (C=O) groups excluding carboxylic acids is 1. The zero-order valence-corrected chi connectivity index (χ0v) is 12.7. The highest BCUT2D eigenvalue weighted by Crippen LogP contribution is 2.25. The van der Waals surface area contributed by atoms with E-state index in [1.165, 1.54) is 0 Å². The maximum Gasteiger partial charge on any atom is 0.254 e. The predicted octanol–water partition coefficient (Wildman–Crippen LogP) is 3.05. The van der Waals surface area contributed by atoms with Crippen molar-refractivity contribution >= 4 is 16.7 Å². The topological polar surface area (TPSA) is 32.3 Å². The van der Waals surface area contributed by atoms with Crippen molar-refractivity contribution in [2.75, 3.05) is 20.1 Å². The molecule has 110 valence electrons. The first kappa shape index (κ1) is 14.1. The molecule has 21 heavy (non-hydrogen) atoms. The number of hydrogen-bond acceptors (Lipinski definition) is 2. The smallest absolute Gasteiger partial charge is 0.254 e. The van der Waals surface area contributed by atoms with Crippen LogP contribution < -0.4 is 5.32 Å². The molecule has 3 rings (SSSR count). The normalized spacial score (nSPS) is 17.9. The van der Waals surface area contributed by atoms with Gasteiger partial charge in [-0.2, -0.15) is 0 Å². The summed E-state index contributed by atoms with van der Waals surface area (Å²) in [5, 5.41) is 5.54. The van der Waals surface area contributed by atoms with Gasteiger partial charge in [-0.3, -0.25) is 4.79 Å². The van der Waals surface area contributed by atoms with Gasteiger partial charge in [0.05, 0.1) is 0 Å². The highest BCUT2D eigenvalue weighted by molar-refractivity contribution is 6.07. The van der Waals surface area contributed by atoms with Crippen LogP contribution in [0.4, 0.5) is 0 Å². The number of hydrogen-bond donors (Lipinski definition) is 1. The SMILES string of the molecule is CNC1(C)CCN(C(=O)c2cccc3ccccc23)CC1. The summed E-state index contributed by atoms with van der Waals surface area (Å²) < 4.78 is 0. The third-order valence-electron chi connectivity index (χ3n) is 4.78. The summed E-state index contributed by atoms with van der Waals surface area (Å²) in [6.45, 7) is 3.87. The van der Waals surface area contributed by atoms with Crippen LogP contribution in [0.15, 0.2) is 42.5 Å². The number of rotatable bonds is 2. The number of piperidine rings is 1. The summed E-state index contributed by atoms with van der Waals surface area (Å²) in [4.78, 5) is 14.8. The number of fused-ring (bicyclic) bond motifs is 1. The number of likely N-dealkylation sites (tertiary alicyclic amines) is 1. The van der Waals surface area contributed by atoms with Crippen molar-refractivity contribution in [3.05, 3.63) is 48.0 Å². The summed E-state index contributed by atoms with van der Waals surface area (Å²) in [6, 6.07) is 14.1. The minimum Gasteiger partial charge on any atom is -0.338 e. The average Bonchev–Trinajstić information content (AvgIpc) is 2.54. The van der Waals surface area contributed by atoms with Gasteiger partial charge in [0, 0.05) is 24.2 Å². The van der Waals surface area contributed by atoms with Gasteiger partial charge in [0.2, 0.25) is 0 Å². The molecule has 2 aromatic rings. The van der Waals surface area contributed by atoms with Crippen LogP contribution in [-0.4, -0.2) is 36.5 Å². The lowest BCUT2D eigenvalue weighted by Gasteiger charge is -2.39. The second kappa shape index (κ2) is 5.49. The summed E-state index contributed by atoms with van der Waals surface area (Å²) in [5.74, 6) is 0.157. The van der Waals surface area contributed by atoms with E-state index in [0.29, 0.717) is 0 Å². The van der Waals surface area contributed by atoms with Gasteiger partial charge in [-0.05, 0) is 43.7 Å². The van der Waals surface area contributed by atoms with Gasteiger partial charge in [0.25, 0.3) is 5.91 Å². The van der Waals surface area contributed by atoms with Crippen molar-refractivity contribution in [1.29, 1.82) is 0 Å². The quantitative estimate of drug-likeness (QED) is 0.918. The number of amides is 1. The van der Waals surface area contributed by atoms with Gasteiger partial charge in [0.15, 0.2) is 0 Å². The predicted molar refractivity (Wildman–Crippen MR) is 86.6 cm³/mol. The molecule has 1 fully saturated rings. The van der Waals surface area contributed by atoms with E-state index in [1.54, 1.807) is 0 Å². The monoisotopic (exact) mass is 282 g/mol. The molecular weight excluding hydrogens is 260 g/mol. The Kier molecular flexibility index (Phi) is 3.68. The fourth-order valence-corrected chi connectivity index (χ4v) is 3.04. The third kappa shape index (κ3) is 2.66. The number of nitrogens with one attached hydrogen (secondary N) is 1. The van der Waals surface area contributed by atoms with Gasteiger partial charge < -0.3 is 10.2 Å². The Hall–Kier alpha value is -1.87. The number of nitrogens with zero attached hydrogens (tertiary/aromatic N) is 1. The summed E-state index contributed by atoms with van der Waals surface area (Å²) in [7, 11) is 2.00. The van der Waals surface area contributed by atoms with Crippen LogP contribution >= 0.6 is 0 Å². The molecule has 1 aliphatic rings. The molecule has 1 aliphatic heterocycles. The van der Waals surface area contributed by atoms with Crippen LogP contribution in [0.2, 0.25) is 0 Å². The van der Waals surface area contributed by atoms with Gasteiger partial charge in [0.1, 0.15) is 0 Å². The lowest BCUT2D eigenvalue weighted by Crippen LogP contribution is -2.51. The molecule has 0 aliphatic carbocycles. The Balaban J connectivity index is 1.85. The minimum absolute atomic E-state index is 0.157. The van der Waals surface area contributed by atoms with Crippen molar-refractivity contribution in [2.24, 2.45) is 0 Å². The van der Waals surface area contributed by atoms with Crippen molar-refractivity contribution in [3.8, 4) is 0 Å². The minimum atomic E-state index is 0.157. The zero-order valence-electron chi connectivity index (χ0n) is 12.7. The molecule has 1 saturated heterocycles. The molecular formula is C18H22N2O. The van der Waals surface area contributed by atoms with E-state index in [-0.39, 0.29) is 11.4 Å². The fourth-order valence-electron chi connectivity index (χ4n) is 3.04. The number of benzene rings is 2. The van der Waals surface area contributed by atoms with E-state index in [2.05, 4.69) is 24.4 Å². The van der Waals surface area contributed by atoms with E-state index in [1.807, 2.05) is 42.3 Å². The van der Waals surface area contributed by atoms with Crippen LogP contribution in [0.5, 0.6) is 0 Å². The molecule has 0 aromatic heterocycles. The molecule has 0 bridgehead atoms. The van der Waals surface area contributed by atoms with E-state index < -0.39 is 0 Å². The Morgan fingerprint density at radius 3 is 2.48 bits per heavy atom. The molecule has 3 heteroatoms.